The molecule has 0 N–H and O–H groups in total. The summed E-state index contributed by atoms with van der Waals surface area (Å²) in [5, 5.41) is 0. The van der Waals surface area contributed by atoms with E-state index in [2.05, 4.69) is 36.9 Å². The Morgan fingerprint density at radius 1 is 0.967 bits per heavy atom. The average molecular weight is 410 g/mol. The minimum absolute atomic E-state index is 0.179. The van der Waals surface area contributed by atoms with Crippen LogP contribution in [0.1, 0.15) is 21.5 Å². The molecule has 1 saturated heterocycles. The Hall–Kier alpha value is -3.22. The van der Waals surface area contributed by atoms with Gasteiger partial charge in [0.25, 0.3) is 5.91 Å². The molecule has 2 aliphatic rings. The van der Waals surface area contributed by atoms with Crippen LogP contribution in [0, 0.1) is 13.8 Å². The molecule has 1 fully saturated rings. The van der Waals surface area contributed by atoms with Crippen LogP contribution in [0.2, 0.25) is 0 Å². The fourth-order valence-corrected chi connectivity index (χ4v) is 3.75. The Morgan fingerprint density at radius 3 is 2.47 bits per heavy atom. The topological polar surface area (TPSA) is 68.3 Å². The van der Waals surface area contributed by atoms with Crippen LogP contribution in [0.4, 0.5) is 5.69 Å². The molecule has 0 aliphatic carbocycles. The van der Waals surface area contributed by atoms with E-state index in [0.717, 1.165) is 13.1 Å². The minimum Gasteiger partial charge on any atom is -0.486 e. The van der Waals surface area contributed by atoms with E-state index in [-0.39, 0.29) is 12.5 Å². The van der Waals surface area contributed by atoms with Crippen LogP contribution in [-0.4, -0.2) is 62.8 Å². The predicted molar refractivity (Wildman–Crippen MR) is 112 cm³/mol. The van der Waals surface area contributed by atoms with Crippen LogP contribution < -0.4 is 14.4 Å². The van der Waals surface area contributed by atoms with Crippen LogP contribution in [0.3, 0.4) is 0 Å². The molecule has 0 saturated carbocycles. The van der Waals surface area contributed by atoms with E-state index in [9.17, 15) is 9.59 Å². The molecule has 0 spiro atoms. The highest BCUT2D eigenvalue weighted by molar-refractivity contribution is 5.92. The maximum Gasteiger partial charge on any atom is 0.338 e. The molecule has 2 aromatic carbocycles. The largest absolute Gasteiger partial charge is 0.486 e. The molecule has 0 atom stereocenters. The van der Waals surface area contributed by atoms with E-state index in [1.54, 1.807) is 23.1 Å². The van der Waals surface area contributed by atoms with Crippen LogP contribution >= 0.6 is 0 Å². The van der Waals surface area contributed by atoms with Gasteiger partial charge in [-0.15, -0.1) is 0 Å². The lowest BCUT2D eigenvalue weighted by molar-refractivity contribution is -0.134. The van der Waals surface area contributed by atoms with Crippen molar-refractivity contribution >= 4 is 17.6 Å². The van der Waals surface area contributed by atoms with Gasteiger partial charge in [0, 0.05) is 31.9 Å². The zero-order valence-corrected chi connectivity index (χ0v) is 17.3. The summed E-state index contributed by atoms with van der Waals surface area (Å²) in [5.74, 6) is 0.399. The lowest BCUT2D eigenvalue weighted by Crippen LogP contribution is -2.50. The van der Waals surface area contributed by atoms with Crippen molar-refractivity contribution in [2.45, 2.75) is 13.8 Å². The molecule has 2 heterocycles. The molecule has 4 rings (SSSR count). The van der Waals surface area contributed by atoms with E-state index in [1.807, 2.05) is 0 Å². The Morgan fingerprint density at radius 2 is 1.70 bits per heavy atom. The molecule has 0 aromatic heterocycles. The smallest absolute Gasteiger partial charge is 0.338 e. The molecule has 158 valence electrons. The van der Waals surface area contributed by atoms with Crippen molar-refractivity contribution in [3.05, 3.63) is 53.1 Å². The molecule has 7 nitrogen and oxygen atoms in total. The molecule has 1 amide bonds. The summed E-state index contributed by atoms with van der Waals surface area (Å²) in [6.45, 7) is 7.62. The van der Waals surface area contributed by atoms with E-state index in [1.165, 1.54) is 16.8 Å². The van der Waals surface area contributed by atoms with Gasteiger partial charge in [-0.25, -0.2) is 4.79 Å². The molecule has 0 bridgehead atoms. The number of hydrogen-bond acceptors (Lipinski definition) is 6. The summed E-state index contributed by atoms with van der Waals surface area (Å²) in [5.41, 5.74) is 4.08. The van der Waals surface area contributed by atoms with Gasteiger partial charge >= 0.3 is 5.97 Å². The first kappa shape index (κ1) is 20.1. The van der Waals surface area contributed by atoms with Crippen LogP contribution in [-0.2, 0) is 9.53 Å². The van der Waals surface area contributed by atoms with Crippen molar-refractivity contribution in [3.8, 4) is 11.5 Å². The van der Waals surface area contributed by atoms with Crippen molar-refractivity contribution in [3.63, 3.8) is 0 Å². The number of carbonyl (C=O) groups excluding carboxylic acids is 2. The normalized spacial score (nSPS) is 15.7. The van der Waals surface area contributed by atoms with Crippen LogP contribution in [0.25, 0.3) is 0 Å². The third-order valence-electron chi connectivity index (χ3n) is 5.65. The second-order valence-electron chi connectivity index (χ2n) is 7.52. The molecule has 2 aliphatic heterocycles. The van der Waals surface area contributed by atoms with Gasteiger partial charge in [0.1, 0.15) is 13.2 Å². The number of fused-ring (bicyclic) bond motifs is 1. The molecule has 2 aromatic rings. The highest BCUT2D eigenvalue weighted by Crippen LogP contribution is 2.31. The third-order valence-corrected chi connectivity index (χ3v) is 5.65. The number of hydrogen-bond donors (Lipinski definition) is 0. The number of rotatable bonds is 4. The fourth-order valence-electron chi connectivity index (χ4n) is 3.75. The highest BCUT2D eigenvalue weighted by Gasteiger charge is 2.24. The molecule has 0 radical (unpaired) electrons. The first-order valence-electron chi connectivity index (χ1n) is 10.2. The third kappa shape index (κ3) is 4.20. The molecule has 0 unspecified atom stereocenters. The number of amides is 1. The summed E-state index contributed by atoms with van der Waals surface area (Å²) < 4.78 is 16.2. The SMILES string of the molecule is Cc1cccc(N2CCN(C(=O)COC(=O)c3ccc4c(c3)OCCO4)CC2)c1C. The second kappa shape index (κ2) is 8.65. The first-order valence-corrected chi connectivity index (χ1v) is 10.2. The van der Waals surface area contributed by atoms with Gasteiger partial charge in [-0.1, -0.05) is 12.1 Å². The summed E-state index contributed by atoms with van der Waals surface area (Å²) in [4.78, 5) is 28.9. The standard InChI is InChI=1S/C23H26N2O5/c1-16-4-3-5-19(17(16)2)24-8-10-25(11-9-24)22(26)15-30-23(27)18-6-7-20-21(14-18)29-13-12-28-20/h3-7,14H,8-13,15H2,1-2H3. The molecular formula is C23H26N2O5. The summed E-state index contributed by atoms with van der Waals surface area (Å²) in [7, 11) is 0. The quantitative estimate of drug-likeness (QED) is 0.722. The van der Waals surface area contributed by atoms with Gasteiger partial charge in [0.05, 0.1) is 5.56 Å². The monoisotopic (exact) mass is 410 g/mol. The highest BCUT2D eigenvalue weighted by atomic mass is 16.6. The van der Waals surface area contributed by atoms with Crippen molar-refractivity contribution < 1.29 is 23.8 Å². The summed E-state index contributed by atoms with van der Waals surface area (Å²) in [6, 6.07) is 11.2. The number of benzene rings is 2. The lowest BCUT2D eigenvalue weighted by atomic mass is 10.1. The van der Waals surface area contributed by atoms with Gasteiger partial charge in [-0.3, -0.25) is 4.79 Å². The minimum atomic E-state index is -0.547. The number of piperazine rings is 1. The fraction of sp³-hybridized carbons (Fsp3) is 0.391. The van der Waals surface area contributed by atoms with Gasteiger partial charge in [-0.2, -0.15) is 0 Å². The Labute approximate surface area is 176 Å². The number of esters is 1. The van der Waals surface area contributed by atoms with Gasteiger partial charge in [0.2, 0.25) is 0 Å². The number of carbonyl (C=O) groups is 2. The van der Waals surface area contributed by atoms with Gasteiger partial charge in [-0.05, 0) is 49.2 Å². The van der Waals surface area contributed by atoms with Crippen molar-refractivity contribution in [2.75, 3.05) is 50.9 Å². The van der Waals surface area contributed by atoms with E-state index in [0.29, 0.717) is 43.4 Å². The Bertz CT molecular complexity index is 951. The maximum absolute atomic E-state index is 12.5. The lowest BCUT2D eigenvalue weighted by Gasteiger charge is -2.37. The van der Waals surface area contributed by atoms with E-state index < -0.39 is 5.97 Å². The number of aryl methyl sites for hydroxylation is 1. The number of ether oxygens (including phenoxy) is 3. The summed E-state index contributed by atoms with van der Waals surface area (Å²) in [6.07, 6.45) is 0. The molecule has 30 heavy (non-hydrogen) atoms. The average Bonchev–Trinajstić information content (AvgIpc) is 2.79. The van der Waals surface area contributed by atoms with Crippen LogP contribution in [0.15, 0.2) is 36.4 Å². The van der Waals surface area contributed by atoms with Gasteiger partial charge < -0.3 is 24.0 Å². The summed E-state index contributed by atoms with van der Waals surface area (Å²) >= 11 is 0. The Balaban J connectivity index is 1.29. The predicted octanol–water partition coefficient (Wildman–Crippen LogP) is 2.58. The number of nitrogens with zero attached hydrogens (tertiary/aromatic N) is 2. The zero-order chi connectivity index (χ0) is 21.1. The molecule has 7 heteroatoms. The van der Waals surface area contributed by atoms with Crippen molar-refractivity contribution in [1.82, 2.24) is 4.90 Å². The molecular weight excluding hydrogens is 384 g/mol. The second-order valence-corrected chi connectivity index (χ2v) is 7.52. The zero-order valence-electron chi connectivity index (χ0n) is 17.3. The maximum atomic E-state index is 12.5. The van der Waals surface area contributed by atoms with Crippen molar-refractivity contribution in [1.29, 1.82) is 0 Å². The van der Waals surface area contributed by atoms with Crippen molar-refractivity contribution in [2.24, 2.45) is 0 Å². The Kier molecular flexibility index (Phi) is 5.79. The van der Waals surface area contributed by atoms with Gasteiger partial charge in [0.15, 0.2) is 18.1 Å². The van der Waals surface area contributed by atoms with E-state index in [4.69, 9.17) is 14.2 Å². The first-order chi connectivity index (χ1) is 14.5. The van der Waals surface area contributed by atoms with Crippen LogP contribution in [0.5, 0.6) is 11.5 Å². The van der Waals surface area contributed by atoms with E-state index >= 15 is 0 Å². The number of anilines is 1.